The van der Waals surface area contributed by atoms with E-state index in [0.29, 0.717) is 10.8 Å². The van der Waals surface area contributed by atoms with Crippen molar-refractivity contribution in [2.45, 2.75) is 81.6 Å². The molecule has 19 heavy (non-hydrogen) atoms. The van der Waals surface area contributed by atoms with Crippen LogP contribution in [0.4, 0.5) is 0 Å². The van der Waals surface area contributed by atoms with Crippen molar-refractivity contribution in [3.63, 3.8) is 0 Å². The van der Waals surface area contributed by atoms with Crippen LogP contribution in [0.2, 0.25) is 0 Å². The Morgan fingerprint density at radius 3 is 1.84 bits per heavy atom. The molecule has 0 nitrogen and oxygen atoms in total. The molecule has 0 heterocycles. The van der Waals surface area contributed by atoms with Crippen molar-refractivity contribution >= 4 is 0 Å². The molecule has 0 aromatic carbocycles. The van der Waals surface area contributed by atoms with Crippen LogP contribution in [0.15, 0.2) is 0 Å². The fraction of sp³-hybridized carbons (Fsp3) is 1.00. The SMILES string of the molecule is CCC(C(C)C(C)C(C)(C)C)C(CC)C1(C)CC1C. The molecule has 0 aromatic rings. The van der Waals surface area contributed by atoms with Crippen molar-refractivity contribution in [3.05, 3.63) is 0 Å². The molecule has 0 bridgehead atoms. The van der Waals surface area contributed by atoms with E-state index in [2.05, 4.69) is 62.3 Å². The highest BCUT2D eigenvalue weighted by molar-refractivity contribution is 5.03. The predicted molar refractivity (Wildman–Crippen MR) is 87.2 cm³/mol. The molecule has 0 aliphatic heterocycles. The zero-order valence-corrected chi connectivity index (χ0v) is 15.0. The smallest absolute Gasteiger partial charge is 0.0266 e. The fourth-order valence-corrected chi connectivity index (χ4v) is 4.56. The first-order chi connectivity index (χ1) is 8.59. The summed E-state index contributed by atoms with van der Waals surface area (Å²) in [5, 5.41) is 0. The lowest BCUT2D eigenvalue weighted by Crippen LogP contribution is -2.35. The topological polar surface area (TPSA) is 0 Å². The van der Waals surface area contributed by atoms with Crippen LogP contribution in [0.5, 0.6) is 0 Å². The van der Waals surface area contributed by atoms with E-state index in [9.17, 15) is 0 Å². The fourth-order valence-electron chi connectivity index (χ4n) is 4.56. The van der Waals surface area contributed by atoms with Gasteiger partial charge in [0, 0.05) is 0 Å². The van der Waals surface area contributed by atoms with Crippen LogP contribution in [0.25, 0.3) is 0 Å². The molecule has 1 fully saturated rings. The third-order valence-corrected chi connectivity index (χ3v) is 6.82. The highest BCUT2D eigenvalue weighted by atomic mass is 14.6. The standard InChI is InChI=1S/C19H38/c1-10-16(14(4)15(5)18(6,7)8)17(11-2)19(9)12-13(19)3/h13-17H,10-12H2,1-9H3. The van der Waals surface area contributed by atoms with E-state index >= 15 is 0 Å². The average Bonchev–Trinajstić information content (AvgIpc) is 2.91. The van der Waals surface area contributed by atoms with Gasteiger partial charge in [-0.2, -0.15) is 0 Å². The largest absolute Gasteiger partial charge is 0.0651 e. The molecule has 1 aliphatic rings. The van der Waals surface area contributed by atoms with Gasteiger partial charge < -0.3 is 0 Å². The second-order valence-electron chi connectivity index (χ2n) is 8.71. The molecular weight excluding hydrogens is 228 g/mol. The first kappa shape index (κ1) is 17.1. The first-order valence-corrected chi connectivity index (χ1v) is 8.59. The van der Waals surface area contributed by atoms with Gasteiger partial charge in [0.1, 0.15) is 0 Å². The Hall–Kier alpha value is 0. The highest BCUT2D eigenvalue weighted by Gasteiger charge is 2.54. The van der Waals surface area contributed by atoms with Crippen LogP contribution in [0.1, 0.15) is 81.6 Å². The third kappa shape index (κ3) is 3.37. The summed E-state index contributed by atoms with van der Waals surface area (Å²) in [7, 11) is 0. The number of hydrogen-bond acceptors (Lipinski definition) is 0. The van der Waals surface area contributed by atoms with Crippen LogP contribution in [-0.4, -0.2) is 0 Å². The maximum atomic E-state index is 2.54. The normalized spacial score (nSPS) is 33.6. The van der Waals surface area contributed by atoms with Crippen LogP contribution in [0.3, 0.4) is 0 Å². The van der Waals surface area contributed by atoms with Crippen molar-refractivity contribution in [2.75, 3.05) is 0 Å². The first-order valence-electron chi connectivity index (χ1n) is 8.59. The van der Waals surface area contributed by atoms with Gasteiger partial charge in [-0.05, 0) is 46.8 Å². The maximum Gasteiger partial charge on any atom is -0.0266 e. The summed E-state index contributed by atoms with van der Waals surface area (Å²) in [5.41, 5.74) is 1.07. The van der Waals surface area contributed by atoms with Crippen molar-refractivity contribution in [2.24, 2.45) is 40.4 Å². The molecule has 1 aliphatic carbocycles. The summed E-state index contributed by atoms with van der Waals surface area (Å²) < 4.78 is 0. The van der Waals surface area contributed by atoms with E-state index < -0.39 is 0 Å². The minimum Gasteiger partial charge on any atom is -0.0651 e. The van der Waals surface area contributed by atoms with Gasteiger partial charge in [-0.25, -0.2) is 0 Å². The van der Waals surface area contributed by atoms with E-state index in [1.165, 1.54) is 19.3 Å². The van der Waals surface area contributed by atoms with E-state index in [1.54, 1.807) is 0 Å². The summed E-state index contributed by atoms with van der Waals surface area (Å²) in [6, 6.07) is 0. The van der Waals surface area contributed by atoms with Gasteiger partial charge in [0.25, 0.3) is 0 Å². The Morgan fingerprint density at radius 1 is 1.11 bits per heavy atom. The van der Waals surface area contributed by atoms with Gasteiger partial charge in [-0.3, -0.25) is 0 Å². The summed E-state index contributed by atoms with van der Waals surface area (Å²) >= 11 is 0. The Labute approximate surface area is 122 Å². The lowest BCUT2D eigenvalue weighted by atomic mass is 9.63. The minimum absolute atomic E-state index is 0.432. The quantitative estimate of drug-likeness (QED) is 0.521. The lowest BCUT2D eigenvalue weighted by Gasteiger charge is -2.42. The zero-order valence-electron chi connectivity index (χ0n) is 15.0. The molecule has 6 atom stereocenters. The van der Waals surface area contributed by atoms with E-state index in [4.69, 9.17) is 0 Å². The molecular formula is C19H38. The van der Waals surface area contributed by atoms with E-state index in [1.807, 2.05) is 0 Å². The van der Waals surface area contributed by atoms with E-state index in [-0.39, 0.29) is 0 Å². The summed E-state index contributed by atoms with van der Waals surface area (Å²) in [6.45, 7) is 22.0. The van der Waals surface area contributed by atoms with Gasteiger partial charge in [-0.1, -0.05) is 75.2 Å². The molecule has 1 saturated carbocycles. The Bertz CT molecular complexity index is 285. The van der Waals surface area contributed by atoms with Gasteiger partial charge >= 0.3 is 0 Å². The van der Waals surface area contributed by atoms with Crippen molar-refractivity contribution in [1.82, 2.24) is 0 Å². The Kier molecular flexibility index (Phi) is 5.19. The van der Waals surface area contributed by atoms with Gasteiger partial charge in [0.2, 0.25) is 0 Å². The van der Waals surface area contributed by atoms with Gasteiger partial charge in [0.15, 0.2) is 0 Å². The minimum atomic E-state index is 0.432. The zero-order chi connectivity index (χ0) is 15.0. The average molecular weight is 267 g/mol. The Balaban J connectivity index is 2.87. The van der Waals surface area contributed by atoms with Gasteiger partial charge in [0.05, 0.1) is 0 Å². The molecule has 0 amide bonds. The second-order valence-corrected chi connectivity index (χ2v) is 8.71. The Morgan fingerprint density at radius 2 is 1.58 bits per heavy atom. The summed E-state index contributed by atoms with van der Waals surface area (Å²) in [6.07, 6.45) is 4.17. The summed E-state index contributed by atoms with van der Waals surface area (Å²) in [5.74, 6) is 4.40. The molecule has 6 unspecified atom stereocenters. The van der Waals surface area contributed by atoms with Crippen molar-refractivity contribution in [1.29, 1.82) is 0 Å². The molecule has 0 radical (unpaired) electrons. The lowest BCUT2D eigenvalue weighted by molar-refractivity contribution is 0.0682. The predicted octanol–water partition coefficient (Wildman–Crippen LogP) is 6.40. The maximum absolute atomic E-state index is 2.54. The van der Waals surface area contributed by atoms with Gasteiger partial charge in [-0.15, -0.1) is 0 Å². The monoisotopic (exact) mass is 266 g/mol. The van der Waals surface area contributed by atoms with Crippen LogP contribution >= 0.6 is 0 Å². The number of rotatable bonds is 6. The second kappa shape index (κ2) is 5.78. The molecule has 0 saturated heterocycles. The van der Waals surface area contributed by atoms with Crippen molar-refractivity contribution in [3.8, 4) is 0 Å². The molecule has 0 N–H and O–H groups in total. The van der Waals surface area contributed by atoms with Crippen LogP contribution < -0.4 is 0 Å². The third-order valence-electron chi connectivity index (χ3n) is 6.82. The molecule has 114 valence electrons. The van der Waals surface area contributed by atoms with E-state index in [0.717, 1.165) is 29.6 Å². The molecule has 1 rings (SSSR count). The van der Waals surface area contributed by atoms with Crippen LogP contribution in [0, 0.1) is 40.4 Å². The number of hydrogen-bond donors (Lipinski definition) is 0. The van der Waals surface area contributed by atoms with Crippen LogP contribution in [-0.2, 0) is 0 Å². The molecule has 0 spiro atoms. The summed E-state index contributed by atoms with van der Waals surface area (Å²) in [4.78, 5) is 0. The molecule has 0 aromatic heterocycles. The van der Waals surface area contributed by atoms with Crippen molar-refractivity contribution < 1.29 is 0 Å². The highest BCUT2D eigenvalue weighted by Crippen LogP contribution is 2.62. The molecule has 0 heteroatoms.